The zero-order valence-corrected chi connectivity index (χ0v) is 20.8. The molecule has 2 heterocycles. The van der Waals surface area contributed by atoms with Gasteiger partial charge in [0.2, 0.25) is 6.26 Å². The van der Waals surface area contributed by atoms with Crippen molar-refractivity contribution in [1.29, 1.82) is 0 Å². The third-order valence-corrected chi connectivity index (χ3v) is 6.05. The highest BCUT2D eigenvalue weighted by molar-refractivity contribution is 5.67. The Hall–Kier alpha value is -4.33. The van der Waals surface area contributed by atoms with E-state index in [1.165, 1.54) is 11.5 Å². The number of carbonyl (C=O) groups is 1. The van der Waals surface area contributed by atoms with Crippen LogP contribution in [0.5, 0.6) is 5.75 Å². The highest BCUT2D eigenvalue weighted by Gasteiger charge is 2.22. The fraction of sp³-hybridized carbons (Fsp3) is 0.286. The van der Waals surface area contributed by atoms with Crippen LogP contribution in [0.2, 0.25) is 0 Å². The second-order valence-corrected chi connectivity index (χ2v) is 8.55. The van der Waals surface area contributed by atoms with Gasteiger partial charge in [0.25, 0.3) is 0 Å². The quantitative estimate of drug-likeness (QED) is 0.235. The number of ether oxygens (including phenoxy) is 2. The van der Waals surface area contributed by atoms with Gasteiger partial charge in [-0.05, 0) is 34.9 Å². The molecule has 1 aliphatic rings. The third kappa shape index (κ3) is 7.33. The molecule has 1 amide bonds. The predicted molar refractivity (Wildman–Crippen MR) is 138 cm³/mol. The maximum atomic E-state index is 12.7. The van der Waals surface area contributed by atoms with Gasteiger partial charge in [0.1, 0.15) is 12.4 Å². The summed E-state index contributed by atoms with van der Waals surface area (Å²) >= 11 is 0. The Morgan fingerprint density at radius 3 is 2.51 bits per heavy atom. The summed E-state index contributed by atoms with van der Waals surface area (Å²) in [6.45, 7) is 4.47. The van der Waals surface area contributed by atoms with E-state index in [4.69, 9.17) is 14.3 Å². The van der Waals surface area contributed by atoms with Gasteiger partial charge >= 0.3 is 6.09 Å². The summed E-state index contributed by atoms with van der Waals surface area (Å²) in [5.74, 6) is 2.28. The van der Waals surface area contributed by atoms with Crippen LogP contribution in [-0.4, -0.2) is 60.3 Å². The lowest BCUT2D eigenvalue weighted by atomic mass is 10.1. The molecular weight excluding hydrogens is 472 g/mol. The molecule has 0 atom stereocenters. The van der Waals surface area contributed by atoms with Gasteiger partial charge in [0, 0.05) is 45.1 Å². The van der Waals surface area contributed by atoms with Gasteiger partial charge in [-0.25, -0.2) is 9.59 Å². The van der Waals surface area contributed by atoms with Crippen LogP contribution in [0.3, 0.4) is 0 Å². The molecule has 1 aliphatic heterocycles. The molecule has 1 aromatic heterocycles. The summed E-state index contributed by atoms with van der Waals surface area (Å²) in [5, 5.41) is 0.991. The molecule has 0 radical (unpaired) electrons. The first-order valence-corrected chi connectivity index (χ1v) is 12.0. The lowest BCUT2D eigenvalue weighted by Gasteiger charge is -2.36. The SMILES string of the molecule is COc1ccc(CN(OC=C=O)C(=O)OCc2ccccc2)cc1N1CCN(Cc2cccnc2)CC1. The van der Waals surface area contributed by atoms with Gasteiger partial charge in [-0.15, -0.1) is 5.06 Å². The average molecular weight is 503 g/mol. The molecule has 0 aliphatic carbocycles. The largest absolute Gasteiger partial charge is 0.495 e. The fourth-order valence-electron chi connectivity index (χ4n) is 4.16. The van der Waals surface area contributed by atoms with Crippen molar-refractivity contribution in [3.05, 3.63) is 96.0 Å². The molecule has 0 unspecified atom stereocenters. The first-order valence-electron chi connectivity index (χ1n) is 12.0. The molecule has 1 fully saturated rings. The molecule has 0 spiro atoms. The van der Waals surface area contributed by atoms with Crippen LogP contribution < -0.4 is 9.64 Å². The van der Waals surface area contributed by atoms with Crippen LogP contribution in [0.25, 0.3) is 0 Å². The van der Waals surface area contributed by atoms with Crippen LogP contribution in [0.15, 0.2) is 79.3 Å². The van der Waals surface area contributed by atoms with Gasteiger partial charge in [0.05, 0.1) is 19.3 Å². The van der Waals surface area contributed by atoms with Crippen LogP contribution >= 0.6 is 0 Å². The molecule has 2 aromatic carbocycles. The number of aromatic nitrogens is 1. The maximum absolute atomic E-state index is 12.7. The van der Waals surface area contributed by atoms with Crippen LogP contribution in [-0.2, 0) is 34.1 Å². The highest BCUT2D eigenvalue weighted by Crippen LogP contribution is 2.31. The first kappa shape index (κ1) is 25.8. The van der Waals surface area contributed by atoms with E-state index in [9.17, 15) is 9.59 Å². The number of hydroxylamine groups is 2. The molecule has 4 rings (SSSR count). The van der Waals surface area contributed by atoms with E-state index in [1.807, 2.05) is 60.8 Å². The zero-order valence-electron chi connectivity index (χ0n) is 20.8. The van der Waals surface area contributed by atoms with Gasteiger partial charge in [-0.3, -0.25) is 9.88 Å². The van der Waals surface area contributed by atoms with Crippen LogP contribution in [0.1, 0.15) is 16.7 Å². The Labute approximate surface area is 216 Å². The van der Waals surface area contributed by atoms with E-state index in [0.29, 0.717) is 0 Å². The topological polar surface area (TPSA) is 84.4 Å². The van der Waals surface area contributed by atoms with Gasteiger partial charge in [0.15, 0.2) is 5.94 Å². The minimum Gasteiger partial charge on any atom is -0.495 e. The Morgan fingerprint density at radius 1 is 1.03 bits per heavy atom. The Balaban J connectivity index is 1.41. The normalized spacial score (nSPS) is 13.4. The number of piperazine rings is 1. The molecule has 0 N–H and O–H groups in total. The van der Waals surface area contributed by atoms with Crippen molar-refractivity contribution in [2.45, 2.75) is 19.7 Å². The smallest absolute Gasteiger partial charge is 0.443 e. The minimum atomic E-state index is -0.711. The summed E-state index contributed by atoms with van der Waals surface area (Å²) < 4.78 is 11.0. The molecule has 3 aromatic rings. The van der Waals surface area contributed by atoms with Crippen LogP contribution in [0, 0.1) is 0 Å². The van der Waals surface area contributed by atoms with Crippen molar-refractivity contribution < 1.29 is 23.9 Å². The highest BCUT2D eigenvalue weighted by atomic mass is 16.7. The van der Waals surface area contributed by atoms with Gasteiger partial charge < -0.3 is 19.2 Å². The first-order chi connectivity index (χ1) is 18.2. The summed E-state index contributed by atoms with van der Waals surface area (Å²) in [6, 6.07) is 19.1. The second kappa shape index (κ2) is 13.1. The number of rotatable bonds is 10. The molecule has 192 valence electrons. The van der Waals surface area contributed by atoms with E-state index < -0.39 is 6.09 Å². The standard InChI is InChI=1S/C28H30N4O5/c1-35-27-10-9-24(21-32(37-17-16-33)28(34)36-22-23-6-3-2-4-7-23)18-26(27)31-14-12-30(13-15-31)20-25-8-5-11-29-19-25/h2-11,17-19H,12-15,20-22H2,1H3. The monoisotopic (exact) mass is 502 g/mol. The summed E-state index contributed by atoms with van der Waals surface area (Å²) in [6.07, 6.45) is 3.76. The molecule has 0 saturated carbocycles. The molecule has 9 heteroatoms. The molecule has 0 bridgehead atoms. The number of amides is 1. The number of anilines is 1. The van der Waals surface area contributed by atoms with Crippen molar-refractivity contribution in [1.82, 2.24) is 14.9 Å². The van der Waals surface area contributed by atoms with Crippen molar-refractivity contribution in [2.24, 2.45) is 0 Å². The van der Waals surface area contributed by atoms with E-state index in [1.54, 1.807) is 13.3 Å². The zero-order chi connectivity index (χ0) is 25.9. The Bertz CT molecular complexity index is 1190. The number of nitrogens with zero attached hydrogens (tertiary/aromatic N) is 4. The molecule has 37 heavy (non-hydrogen) atoms. The third-order valence-electron chi connectivity index (χ3n) is 6.05. The average Bonchev–Trinajstić information content (AvgIpc) is 2.95. The minimum absolute atomic E-state index is 0.0732. The van der Waals surface area contributed by atoms with Crippen molar-refractivity contribution in [3.8, 4) is 5.75 Å². The second-order valence-electron chi connectivity index (χ2n) is 8.55. The summed E-state index contributed by atoms with van der Waals surface area (Å²) in [5.41, 5.74) is 3.77. The van der Waals surface area contributed by atoms with Crippen LogP contribution in [0.4, 0.5) is 10.5 Å². The summed E-state index contributed by atoms with van der Waals surface area (Å²) in [4.78, 5) is 37.5. The number of carbonyl (C=O) groups excluding carboxylic acids is 2. The lowest BCUT2D eigenvalue weighted by Crippen LogP contribution is -2.46. The van der Waals surface area contributed by atoms with E-state index in [0.717, 1.165) is 66.6 Å². The van der Waals surface area contributed by atoms with Crippen molar-refractivity contribution in [3.63, 3.8) is 0 Å². The Kier molecular flexibility index (Phi) is 9.12. The Morgan fingerprint density at radius 2 is 1.81 bits per heavy atom. The van der Waals surface area contributed by atoms with Crippen molar-refractivity contribution >= 4 is 17.7 Å². The molecular formula is C28H30N4O5. The molecule has 9 nitrogen and oxygen atoms in total. The number of hydrogen-bond donors (Lipinski definition) is 0. The fourth-order valence-corrected chi connectivity index (χ4v) is 4.16. The number of methoxy groups -OCH3 is 1. The van der Waals surface area contributed by atoms with Gasteiger partial charge in [-0.2, -0.15) is 0 Å². The number of hydrogen-bond acceptors (Lipinski definition) is 8. The van der Waals surface area contributed by atoms with Gasteiger partial charge in [-0.1, -0.05) is 42.5 Å². The van der Waals surface area contributed by atoms with E-state index in [2.05, 4.69) is 20.9 Å². The lowest BCUT2D eigenvalue weighted by molar-refractivity contribution is -0.0922. The van der Waals surface area contributed by atoms with E-state index >= 15 is 0 Å². The number of benzene rings is 2. The number of pyridine rings is 1. The van der Waals surface area contributed by atoms with E-state index in [-0.39, 0.29) is 13.2 Å². The summed E-state index contributed by atoms with van der Waals surface area (Å²) in [7, 11) is 1.64. The maximum Gasteiger partial charge on any atom is 0.443 e. The van der Waals surface area contributed by atoms with Crippen molar-refractivity contribution in [2.75, 3.05) is 38.2 Å². The predicted octanol–water partition coefficient (Wildman–Crippen LogP) is 3.83. The molecule has 1 saturated heterocycles.